The predicted molar refractivity (Wildman–Crippen MR) is 56.6 cm³/mol. The molecule has 0 bridgehead atoms. The molecule has 1 saturated carbocycles. The summed E-state index contributed by atoms with van der Waals surface area (Å²) in [5.74, 6) is -0.133. The van der Waals surface area contributed by atoms with Crippen LogP contribution < -0.4 is 0 Å². The van der Waals surface area contributed by atoms with Crippen LogP contribution in [0.2, 0.25) is 0 Å². The number of hydrogen-bond acceptors (Lipinski definition) is 1. The summed E-state index contributed by atoms with van der Waals surface area (Å²) in [7, 11) is 0. The Labute approximate surface area is 80.7 Å². The van der Waals surface area contributed by atoms with Gasteiger partial charge in [0.05, 0.1) is 3.58 Å². The number of hydrogen-bond donors (Lipinski definition) is 1. The van der Waals surface area contributed by atoms with Gasteiger partial charge in [-0.15, -0.1) is 0 Å². The quantitative estimate of drug-likeness (QED) is 0.784. The summed E-state index contributed by atoms with van der Waals surface area (Å²) >= 11 is -0.357. The Morgan fingerprint density at radius 2 is 2.33 bits per heavy atom. The Balaban J connectivity index is 2.38. The number of allylic oxidation sites excluding steroid dienone is 3. The fourth-order valence-corrected chi connectivity index (χ4v) is 3.28. The van der Waals surface area contributed by atoms with E-state index in [1.54, 1.807) is 0 Å². The van der Waals surface area contributed by atoms with Crippen molar-refractivity contribution in [2.75, 3.05) is 0 Å². The van der Waals surface area contributed by atoms with Gasteiger partial charge in [0.2, 0.25) is 0 Å². The molecule has 1 heterocycles. The van der Waals surface area contributed by atoms with Crippen molar-refractivity contribution in [1.29, 1.82) is 0 Å². The zero-order valence-corrected chi connectivity index (χ0v) is 8.61. The van der Waals surface area contributed by atoms with Crippen LogP contribution in [0.5, 0.6) is 0 Å². The third-order valence-corrected chi connectivity index (χ3v) is 4.46. The van der Waals surface area contributed by atoms with Gasteiger partial charge in [0.15, 0.2) is 0 Å². The summed E-state index contributed by atoms with van der Waals surface area (Å²) < 4.78 is 2.72. The van der Waals surface area contributed by atoms with Crippen molar-refractivity contribution in [2.24, 2.45) is 5.92 Å². The minimum absolute atomic E-state index is 0.357. The fraction of sp³-hybridized carbons (Fsp3) is 0.333. The third kappa shape index (κ3) is 1.50. The highest BCUT2D eigenvalue weighted by atomic mass is 127. The molecule has 3 heteroatoms. The van der Waals surface area contributed by atoms with Gasteiger partial charge in [-0.25, -0.2) is 4.79 Å². The van der Waals surface area contributed by atoms with Crippen molar-refractivity contribution in [2.45, 2.75) is 12.8 Å². The lowest BCUT2D eigenvalue weighted by atomic mass is 10.1. The van der Waals surface area contributed by atoms with Crippen molar-refractivity contribution in [3.63, 3.8) is 0 Å². The molecule has 1 aliphatic heterocycles. The summed E-state index contributed by atoms with van der Waals surface area (Å²) in [4.78, 5) is 10.8. The molecule has 0 atom stereocenters. The Morgan fingerprint density at radius 1 is 1.58 bits per heavy atom. The van der Waals surface area contributed by atoms with E-state index in [-0.39, 0.29) is 20.7 Å². The van der Waals surface area contributed by atoms with Crippen LogP contribution in [0, 0.1) is 5.92 Å². The maximum Gasteiger partial charge on any atom is 0.341 e. The lowest BCUT2D eigenvalue weighted by molar-refractivity contribution is -0.131. The lowest BCUT2D eigenvalue weighted by Crippen LogP contribution is -2.01. The average molecular weight is 276 g/mol. The van der Waals surface area contributed by atoms with Crippen molar-refractivity contribution >= 4 is 30.7 Å². The van der Waals surface area contributed by atoms with E-state index in [4.69, 9.17) is 5.11 Å². The van der Waals surface area contributed by atoms with Gasteiger partial charge < -0.3 is 5.11 Å². The fourth-order valence-electron chi connectivity index (χ4n) is 1.26. The molecule has 64 valence electrons. The summed E-state index contributed by atoms with van der Waals surface area (Å²) in [5, 5.41) is 8.90. The maximum absolute atomic E-state index is 10.8. The molecule has 1 N–H and O–H groups in total. The molecule has 1 fully saturated rings. The van der Waals surface area contributed by atoms with Crippen LogP contribution >= 0.6 is 20.7 Å². The van der Waals surface area contributed by atoms with Gasteiger partial charge >= 0.3 is 5.97 Å². The van der Waals surface area contributed by atoms with Gasteiger partial charge in [0, 0.05) is 0 Å². The molecule has 0 aromatic heterocycles. The highest BCUT2D eigenvalue weighted by molar-refractivity contribution is 14.2. The standard InChI is InChI=1S/C9H9IO2/c11-9(12)8-7(6-3-4-6)2-1-5-10-8/h1-2,5-6H,3-4H2,(H,11,12). The van der Waals surface area contributed by atoms with Crippen LogP contribution in [-0.2, 0) is 4.79 Å². The summed E-state index contributed by atoms with van der Waals surface area (Å²) in [6.07, 6.45) is 6.35. The molecule has 0 aromatic carbocycles. The highest BCUT2D eigenvalue weighted by Crippen LogP contribution is 2.42. The van der Waals surface area contributed by atoms with E-state index in [1.165, 1.54) is 12.8 Å². The largest absolute Gasteiger partial charge is 0.477 e. The molecule has 0 unspecified atom stereocenters. The molecule has 0 saturated heterocycles. The Kier molecular flexibility index (Phi) is 2.12. The van der Waals surface area contributed by atoms with E-state index in [1.807, 2.05) is 16.2 Å². The molecule has 12 heavy (non-hydrogen) atoms. The van der Waals surface area contributed by atoms with Gasteiger partial charge in [-0.2, -0.15) is 0 Å². The first-order valence-electron chi connectivity index (χ1n) is 3.90. The molecular weight excluding hydrogens is 267 g/mol. The minimum Gasteiger partial charge on any atom is -0.477 e. The number of carbonyl (C=O) groups is 1. The molecule has 1 aliphatic carbocycles. The zero-order valence-electron chi connectivity index (χ0n) is 6.46. The average Bonchev–Trinajstić information content (AvgIpc) is 2.87. The molecule has 2 rings (SSSR count). The van der Waals surface area contributed by atoms with Crippen LogP contribution in [0.1, 0.15) is 12.8 Å². The Morgan fingerprint density at radius 3 is 2.92 bits per heavy atom. The lowest BCUT2D eigenvalue weighted by Gasteiger charge is -2.05. The van der Waals surface area contributed by atoms with E-state index >= 15 is 0 Å². The van der Waals surface area contributed by atoms with Crippen molar-refractivity contribution < 1.29 is 9.90 Å². The van der Waals surface area contributed by atoms with E-state index in [0.29, 0.717) is 9.50 Å². The number of aliphatic carboxylic acids is 1. The van der Waals surface area contributed by atoms with E-state index in [0.717, 1.165) is 5.57 Å². The topological polar surface area (TPSA) is 37.3 Å². The number of carboxylic acid groups (broad SMARTS) is 1. The monoisotopic (exact) mass is 276 g/mol. The third-order valence-electron chi connectivity index (χ3n) is 1.98. The molecule has 0 radical (unpaired) electrons. The summed E-state index contributed by atoms with van der Waals surface area (Å²) in [6, 6.07) is 0. The molecule has 0 aromatic rings. The predicted octanol–water partition coefficient (Wildman–Crippen LogP) is 2.08. The van der Waals surface area contributed by atoms with Crippen LogP contribution in [-0.4, -0.2) is 15.1 Å². The zero-order chi connectivity index (χ0) is 8.55. The van der Waals surface area contributed by atoms with Crippen LogP contribution in [0.25, 0.3) is 0 Å². The highest BCUT2D eigenvalue weighted by Gasteiger charge is 2.29. The Hall–Kier alpha value is -0.450. The molecule has 0 spiro atoms. The molecule has 0 amide bonds. The van der Waals surface area contributed by atoms with Crippen molar-refractivity contribution in [3.05, 3.63) is 21.3 Å². The van der Waals surface area contributed by atoms with Crippen LogP contribution in [0.3, 0.4) is 0 Å². The molecule has 2 aliphatic rings. The molecular formula is C9H9IO2. The van der Waals surface area contributed by atoms with Gasteiger partial charge in [-0.1, -0.05) is 32.9 Å². The number of rotatable bonds is 2. The summed E-state index contributed by atoms with van der Waals surface area (Å²) in [6.45, 7) is 0. The smallest absolute Gasteiger partial charge is 0.341 e. The second-order valence-corrected chi connectivity index (χ2v) is 5.36. The van der Waals surface area contributed by atoms with Gasteiger partial charge in [-0.3, -0.25) is 0 Å². The second-order valence-electron chi connectivity index (χ2n) is 2.94. The normalized spacial score (nSPS) is 22.3. The van der Waals surface area contributed by atoms with Gasteiger partial charge in [-0.05, 0) is 28.3 Å². The first-order chi connectivity index (χ1) is 5.79. The second kappa shape index (κ2) is 3.12. The van der Waals surface area contributed by atoms with E-state index in [9.17, 15) is 4.79 Å². The van der Waals surface area contributed by atoms with E-state index < -0.39 is 5.97 Å². The number of carboxylic acids is 1. The first-order valence-corrected chi connectivity index (χ1v) is 6.22. The first kappa shape index (κ1) is 8.16. The maximum atomic E-state index is 10.8. The summed E-state index contributed by atoms with van der Waals surface area (Å²) in [5.41, 5.74) is 1.11. The SMILES string of the molecule is O=C(O)C1=C(C2CC2)C=CC=I1. The van der Waals surface area contributed by atoms with Crippen LogP contribution in [0.15, 0.2) is 21.3 Å². The Bertz CT molecular complexity index is 308. The minimum atomic E-state index is -0.703. The van der Waals surface area contributed by atoms with Crippen molar-refractivity contribution in [1.82, 2.24) is 0 Å². The van der Waals surface area contributed by atoms with Gasteiger partial charge in [0.25, 0.3) is 0 Å². The van der Waals surface area contributed by atoms with E-state index in [2.05, 4.69) is 0 Å². The number of halogens is 1. The van der Waals surface area contributed by atoms with Crippen LogP contribution in [0.4, 0.5) is 0 Å². The van der Waals surface area contributed by atoms with Gasteiger partial charge in [0.1, 0.15) is 0 Å². The van der Waals surface area contributed by atoms with Crippen molar-refractivity contribution in [3.8, 4) is 0 Å². The molecule has 2 nitrogen and oxygen atoms in total.